The van der Waals surface area contributed by atoms with Crippen molar-refractivity contribution in [2.45, 2.75) is 37.6 Å². The van der Waals surface area contributed by atoms with E-state index in [0.29, 0.717) is 0 Å². The number of hydrogen-bond donors (Lipinski definition) is 5. The zero-order valence-electron chi connectivity index (χ0n) is 9.85. The Morgan fingerprint density at radius 3 is 2.50 bits per heavy atom. The molecule has 1 saturated heterocycles. The van der Waals surface area contributed by atoms with Crippen LogP contribution in [-0.2, 0) is 9.53 Å². The van der Waals surface area contributed by atoms with E-state index >= 15 is 0 Å². The van der Waals surface area contributed by atoms with E-state index in [2.05, 4.69) is 5.32 Å². The van der Waals surface area contributed by atoms with Gasteiger partial charge in [0.15, 0.2) is 6.29 Å². The summed E-state index contributed by atoms with van der Waals surface area (Å²) in [5, 5.41) is 40.4. The van der Waals surface area contributed by atoms with Crippen molar-refractivity contribution in [2.24, 2.45) is 5.92 Å². The van der Waals surface area contributed by atoms with Gasteiger partial charge in [0.25, 0.3) is 0 Å². The van der Waals surface area contributed by atoms with Crippen LogP contribution >= 0.6 is 0 Å². The maximum Gasteiger partial charge on any atom is 0.231 e. The molecule has 0 spiro atoms. The van der Waals surface area contributed by atoms with Crippen molar-refractivity contribution in [1.82, 2.24) is 5.32 Å². The normalized spacial score (nSPS) is 43.3. The number of aliphatic hydroxyl groups is 4. The van der Waals surface area contributed by atoms with Crippen molar-refractivity contribution in [2.75, 3.05) is 6.61 Å². The van der Waals surface area contributed by atoms with Gasteiger partial charge in [-0.15, -0.1) is 0 Å². The van der Waals surface area contributed by atoms with Gasteiger partial charge < -0.3 is 30.5 Å². The van der Waals surface area contributed by atoms with Gasteiger partial charge in [-0.2, -0.15) is 0 Å². The summed E-state index contributed by atoms with van der Waals surface area (Å²) in [7, 11) is 0. The number of carbonyl (C=O) groups is 1. The summed E-state index contributed by atoms with van der Waals surface area (Å²) in [5.74, 6) is -0.661. The van der Waals surface area contributed by atoms with E-state index in [0.717, 1.165) is 5.57 Å². The first-order chi connectivity index (χ1) is 8.45. The van der Waals surface area contributed by atoms with Gasteiger partial charge in [0.05, 0.1) is 12.5 Å². The van der Waals surface area contributed by atoms with Crippen LogP contribution in [0.25, 0.3) is 0 Å². The van der Waals surface area contributed by atoms with Gasteiger partial charge >= 0.3 is 0 Å². The van der Waals surface area contributed by atoms with Gasteiger partial charge in [-0.05, 0) is 6.92 Å². The molecule has 0 aromatic rings. The molecule has 2 rings (SSSR count). The van der Waals surface area contributed by atoms with Crippen LogP contribution < -0.4 is 5.32 Å². The predicted octanol–water partition coefficient (Wildman–Crippen LogP) is -2.52. The van der Waals surface area contributed by atoms with Gasteiger partial charge in [-0.1, -0.05) is 11.6 Å². The lowest BCUT2D eigenvalue weighted by molar-refractivity contribution is -0.253. The van der Waals surface area contributed by atoms with E-state index < -0.39 is 37.3 Å². The summed E-state index contributed by atoms with van der Waals surface area (Å²) in [6, 6.07) is -1.11. The molecule has 1 amide bonds. The predicted molar refractivity (Wildman–Crippen MR) is 59.2 cm³/mol. The average Bonchev–Trinajstić information content (AvgIpc) is 3.06. The van der Waals surface area contributed by atoms with E-state index in [4.69, 9.17) is 9.84 Å². The van der Waals surface area contributed by atoms with E-state index in [1.54, 1.807) is 13.0 Å². The van der Waals surface area contributed by atoms with Crippen LogP contribution in [0.5, 0.6) is 0 Å². The maximum absolute atomic E-state index is 11.7. The monoisotopic (exact) mass is 259 g/mol. The number of ether oxygens (including phenoxy) is 1. The summed E-state index contributed by atoms with van der Waals surface area (Å²) < 4.78 is 4.92. The summed E-state index contributed by atoms with van der Waals surface area (Å²) >= 11 is 0. The Morgan fingerprint density at radius 1 is 1.39 bits per heavy atom. The van der Waals surface area contributed by atoms with Crippen LogP contribution in [0.4, 0.5) is 0 Å². The average molecular weight is 259 g/mol. The van der Waals surface area contributed by atoms with Gasteiger partial charge in [-0.3, -0.25) is 4.79 Å². The van der Waals surface area contributed by atoms with Crippen molar-refractivity contribution < 1.29 is 30.0 Å². The molecule has 5 N–H and O–H groups in total. The Hall–Kier alpha value is -0.990. The van der Waals surface area contributed by atoms with Crippen molar-refractivity contribution in [3.63, 3.8) is 0 Å². The second-order valence-electron chi connectivity index (χ2n) is 4.65. The number of carbonyl (C=O) groups excluding carboxylic acids is 1. The Bertz CT molecular complexity index is 371. The number of rotatable bonds is 3. The first-order valence-electron chi connectivity index (χ1n) is 5.75. The molecular weight excluding hydrogens is 242 g/mol. The first-order valence-corrected chi connectivity index (χ1v) is 5.75. The molecule has 0 saturated carbocycles. The van der Waals surface area contributed by atoms with Crippen LogP contribution in [0.1, 0.15) is 6.92 Å². The van der Waals surface area contributed by atoms with Gasteiger partial charge in [-0.25, -0.2) is 0 Å². The third-order valence-electron chi connectivity index (χ3n) is 3.30. The van der Waals surface area contributed by atoms with E-state index in [1.165, 1.54) is 0 Å². The maximum atomic E-state index is 11.7. The van der Waals surface area contributed by atoms with E-state index in [-0.39, 0.29) is 11.8 Å². The van der Waals surface area contributed by atoms with Gasteiger partial charge in [0, 0.05) is 0 Å². The van der Waals surface area contributed by atoms with Crippen molar-refractivity contribution in [1.29, 1.82) is 0 Å². The molecule has 1 aliphatic carbocycles. The molecule has 0 aromatic heterocycles. The molecule has 102 valence electrons. The molecule has 7 nitrogen and oxygen atoms in total. The third-order valence-corrected chi connectivity index (χ3v) is 3.30. The van der Waals surface area contributed by atoms with E-state index in [9.17, 15) is 20.1 Å². The highest BCUT2D eigenvalue weighted by Crippen LogP contribution is 2.28. The Labute approximate surface area is 104 Å². The minimum Gasteiger partial charge on any atom is -0.394 e. The summed E-state index contributed by atoms with van der Waals surface area (Å²) in [5.41, 5.74) is 0.919. The number of amides is 1. The fourth-order valence-electron chi connectivity index (χ4n) is 2.00. The highest BCUT2D eigenvalue weighted by atomic mass is 16.6. The van der Waals surface area contributed by atoms with E-state index in [1.807, 2.05) is 0 Å². The fraction of sp³-hybridized carbons (Fsp3) is 0.727. The summed E-state index contributed by atoms with van der Waals surface area (Å²) in [4.78, 5) is 11.7. The highest BCUT2D eigenvalue weighted by molar-refractivity contribution is 5.88. The van der Waals surface area contributed by atoms with Crippen LogP contribution in [0.2, 0.25) is 0 Å². The lowest BCUT2D eigenvalue weighted by atomic mass is 9.97. The standard InChI is InChI=1S/C11H17NO6/c1-4-2-5(4)10(16)12-7-9(15)8(14)6(3-13)18-11(7)17/h2,5-9,11,13-15,17H,3H2,1H3,(H,12,16)/t5?,6?,7?,8-,9-,11?/m1/s1. The quantitative estimate of drug-likeness (QED) is 0.357. The molecule has 0 bridgehead atoms. The fourth-order valence-corrected chi connectivity index (χ4v) is 2.00. The number of hydrogen-bond acceptors (Lipinski definition) is 6. The molecule has 1 fully saturated rings. The highest BCUT2D eigenvalue weighted by Gasteiger charge is 2.45. The second kappa shape index (κ2) is 4.94. The Kier molecular flexibility index (Phi) is 3.69. The second-order valence-corrected chi connectivity index (χ2v) is 4.65. The number of aliphatic hydroxyl groups excluding tert-OH is 4. The molecular formula is C11H17NO6. The lowest BCUT2D eigenvalue weighted by Crippen LogP contribution is -2.64. The Balaban J connectivity index is 1.97. The minimum absolute atomic E-state index is 0.308. The smallest absolute Gasteiger partial charge is 0.231 e. The topological polar surface area (TPSA) is 119 Å². The molecule has 0 radical (unpaired) electrons. The van der Waals surface area contributed by atoms with Gasteiger partial charge in [0.2, 0.25) is 5.91 Å². The van der Waals surface area contributed by atoms with Crippen molar-refractivity contribution >= 4 is 5.91 Å². The molecule has 1 aliphatic heterocycles. The minimum atomic E-state index is -1.47. The number of nitrogens with one attached hydrogen (secondary N) is 1. The van der Waals surface area contributed by atoms with Crippen LogP contribution in [0.3, 0.4) is 0 Å². The SMILES string of the molecule is CC1=CC1C(=O)NC1C(O)OC(CO)[C@@H](O)[C@@H]1O. The molecule has 1 heterocycles. The zero-order valence-corrected chi connectivity index (χ0v) is 9.85. The molecule has 7 heteroatoms. The molecule has 6 atom stereocenters. The van der Waals surface area contributed by atoms with Crippen molar-refractivity contribution in [3.8, 4) is 0 Å². The third kappa shape index (κ3) is 2.40. The van der Waals surface area contributed by atoms with Crippen LogP contribution in [0, 0.1) is 5.92 Å². The van der Waals surface area contributed by atoms with Crippen LogP contribution in [0.15, 0.2) is 11.6 Å². The molecule has 18 heavy (non-hydrogen) atoms. The molecule has 4 unspecified atom stereocenters. The zero-order chi connectivity index (χ0) is 13.4. The summed E-state index contributed by atoms with van der Waals surface area (Å²) in [6.45, 7) is 1.27. The largest absolute Gasteiger partial charge is 0.394 e. The molecule has 0 aromatic carbocycles. The first kappa shape index (κ1) is 13.4. The summed E-state index contributed by atoms with van der Waals surface area (Å²) in [6.07, 6.45) is -3.55. The Morgan fingerprint density at radius 2 is 2.00 bits per heavy atom. The van der Waals surface area contributed by atoms with Crippen LogP contribution in [-0.4, -0.2) is 63.6 Å². The lowest BCUT2D eigenvalue weighted by Gasteiger charge is -2.40. The van der Waals surface area contributed by atoms with Crippen molar-refractivity contribution in [3.05, 3.63) is 11.6 Å². The van der Waals surface area contributed by atoms with Gasteiger partial charge in [0.1, 0.15) is 24.4 Å². The molecule has 2 aliphatic rings.